The van der Waals surface area contributed by atoms with E-state index in [4.69, 9.17) is 0 Å². The van der Waals surface area contributed by atoms with Crippen LogP contribution in [0.1, 0.15) is 12.2 Å². The van der Waals surface area contributed by atoms with Crippen LogP contribution in [0.5, 0.6) is 0 Å². The van der Waals surface area contributed by atoms with Crippen LogP contribution in [0.3, 0.4) is 0 Å². The molecule has 3 heterocycles. The zero-order valence-corrected chi connectivity index (χ0v) is 17.3. The predicted octanol–water partition coefficient (Wildman–Crippen LogP) is 2.84. The maximum atomic E-state index is 12.5. The van der Waals surface area contributed by atoms with Crippen molar-refractivity contribution in [3.05, 3.63) is 83.2 Å². The molecule has 3 aromatic heterocycles. The summed E-state index contributed by atoms with van der Waals surface area (Å²) in [5.41, 5.74) is 3.54. The number of anilines is 1. The van der Waals surface area contributed by atoms with E-state index in [2.05, 4.69) is 25.6 Å². The lowest BCUT2D eigenvalue weighted by atomic mass is 10.1. The molecule has 0 aliphatic carbocycles. The fourth-order valence-corrected chi connectivity index (χ4v) is 3.49. The van der Waals surface area contributed by atoms with Crippen LogP contribution in [-0.4, -0.2) is 35.3 Å². The molecule has 1 amide bonds. The molecule has 0 radical (unpaired) electrons. The summed E-state index contributed by atoms with van der Waals surface area (Å²) in [7, 11) is 0. The van der Waals surface area contributed by atoms with Crippen molar-refractivity contribution in [3.63, 3.8) is 0 Å². The molecule has 0 spiro atoms. The molecule has 5 aromatic rings. The summed E-state index contributed by atoms with van der Waals surface area (Å²) >= 11 is 0. The smallest absolute Gasteiger partial charge is 0.261 e. The van der Waals surface area contributed by atoms with Gasteiger partial charge in [0.15, 0.2) is 11.5 Å². The van der Waals surface area contributed by atoms with E-state index in [0.29, 0.717) is 28.1 Å². The second kappa shape index (κ2) is 8.03. The monoisotopic (exact) mass is 425 g/mol. The maximum absolute atomic E-state index is 12.5. The number of aromatic nitrogens is 6. The zero-order chi connectivity index (χ0) is 22.1. The standard InChI is InChI=1S/C23H19N7O2/c1-15-26-27-21-11-10-19(28-30(15)21)16-6-8-17(9-7-16)25-22(31)12-13-29-14-24-20-5-3-2-4-18(20)23(29)32/h2-11,14H,12-13H2,1H3,(H,25,31). The van der Waals surface area contributed by atoms with E-state index in [1.54, 1.807) is 22.7 Å². The molecule has 1 N–H and O–H groups in total. The van der Waals surface area contributed by atoms with Crippen molar-refractivity contribution < 1.29 is 4.79 Å². The van der Waals surface area contributed by atoms with Gasteiger partial charge in [-0.3, -0.25) is 14.2 Å². The Morgan fingerprint density at radius 2 is 1.81 bits per heavy atom. The van der Waals surface area contributed by atoms with Gasteiger partial charge in [0.05, 0.1) is 22.9 Å². The molecule has 32 heavy (non-hydrogen) atoms. The molecule has 0 saturated carbocycles. The highest BCUT2D eigenvalue weighted by atomic mass is 16.2. The Balaban J connectivity index is 1.25. The molecule has 5 rings (SSSR count). The number of benzene rings is 2. The van der Waals surface area contributed by atoms with Crippen molar-refractivity contribution in [1.82, 2.24) is 29.4 Å². The van der Waals surface area contributed by atoms with E-state index in [9.17, 15) is 9.59 Å². The van der Waals surface area contributed by atoms with Crippen LogP contribution in [0.4, 0.5) is 5.69 Å². The summed E-state index contributed by atoms with van der Waals surface area (Å²) in [5.74, 6) is 0.531. The van der Waals surface area contributed by atoms with Crippen molar-refractivity contribution in [2.75, 3.05) is 5.32 Å². The molecule has 2 aromatic carbocycles. The number of hydrogen-bond donors (Lipinski definition) is 1. The molecule has 0 unspecified atom stereocenters. The van der Waals surface area contributed by atoms with Crippen molar-refractivity contribution in [1.29, 1.82) is 0 Å². The van der Waals surface area contributed by atoms with Gasteiger partial charge in [-0.25, -0.2) is 4.98 Å². The second-order valence-corrected chi connectivity index (χ2v) is 7.37. The number of aryl methyl sites for hydroxylation is 2. The third-order valence-corrected chi connectivity index (χ3v) is 5.19. The second-order valence-electron chi connectivity index (χ2n) is 7.37. The first kappa shape index (κ1) is 19.6. The lowest BCUT2D eigenvalue weighted by Crippen LogP contribution is -2.23. The van der Waals surface area contributed by atoms with Crippen LogP contribution >= 0.6 is 0 Å². The summed E-state index contributed by atoms with van der Waals surface area (Å²) < 4.78 is 3.15. The quantitative estimate of drug-likeness (QED) is 0.464. The number of rotatable bonds is 5. The minimum absolute atomic E-state index is 0.152. The SMILES string of the molecule is Cc1nnc2ccc(-c3ccc(NC(=O)CCn4cnc5ccccc5c4=O)cc3)nn12. The fraction of sp³-hybridized carbons (Fsp3) is 0.130. The Hall–Kier alpha value is -4.40. The van der Waals surface area contributed by atoms with Gasteiger partial charge in [0, 0.05) is 24.2 Å². The number of hydrogen-bond acceptors (Lipinski definition) is 6. The fourth-order valence-electron chi connectivity index (χ4n) is 3.49. The molecule has 0 bridgehead atoms. The topological polar surface area (TPSA) is 107 Å². The first-order chi connectivity index (χ1) is 15.6. The number of fused-ring (bicyclic) bond motifs is 2. The third kappa shape index (κ3) is 3.71. The van der Waals surface area contributed by atoms with Gasteiger partial charge in [0.1, 0.15) is 0 Å². The van der Waals surface area contributed by atoms with E-state index in [0.717, 1.165) is 11.3 Å². The molecule has 0 saturated heterocycles. The summed E-state index contributed by atoms with van der Waals surface area (Å²) in [6, 6.07) is 18.3. The number of carbonyl (C=O) groups is 1. The number of nitrogens with one attached hydrogen (secondary N) is 1. The Kier molecular flexibility index (Phi) is 4.91. The predicted molar refractivity (Wildman–Crippen MR) is 120 cm³/mol. The molecule has 0 aliphatic rings. The van der Waals surface area contributed by atoms with Gasteiger partial charge in [-0.1, -0.05) is 24.3 Å². The highest BCUT2D eigenvalue weighted by molar-refractivity contribution is 5.91. The number of nitrogens with zero attached hydrogens (tertiary/aromatic N) is 6. The van der Waals surface area contributed by atoms with E-state index in [1.165, 1.54) is 10.9 Å². The molecule has 0 atom stereocenters. The average Bonchev–Trinajstić information content (AvgIpc) is 3.19. The van der Waals surface area contributed by atoms with Gasteiger partial charge in [0.25, 0.3) is 5.56 Å². The molecule has 9 nitrogen and oxygen atoms in total. The van der Waals surface area contributed by atoms with Gasteiger partial charge in [0.2, 0.25) is 5.91 Å². The summed E-state index contributed by atoms with van der Waals surface area (Å²) in [6.45, 7) is 2.10. The van der Waals surface area contributed by atoms with Crippen molar-refractivity contribution in [2.45, 2.75) is 19.9 Å². The normalized spacial score (nSPS) is 11.2. The van der Waals surface area contributed by atoms with Crippen LogP contribution in [0.2, 0.25) is 0 Å². The van der Waals surface area contributed by atoms with Crippen LogP contribution in [0, 0.1) is 6.92 Å². The van der Waals surface area contributed by atoms with Gasteiger partial charge in [-0.05, 0) is 43.3 Å². The highest BCUT2D eigenvalue weighted by Gasteiger charge is 2.09. The van der Waals surface area contributed by atoms with Crippen molar-refractivity contribution in [3.8, 4) is 11.3 Å². The van der Waals surface area contributed by atoms with Gasteiger partial charge < -0.3 is 5.32 Å². The molecule has 0 fully saturated rings. The van der Waals surface area contributed by atoms with Gasteiger partial charge in [-0.15, -0.1) is 10.2 Å². The number of amides is 1. The Morgan fingerprint density at radius 1 is 1.00 bits per heavy atom. The lowest BCUT2D eigenvalue weighted by molar-refractivity contribution is -0.116. The van der Waals surface area contributed by atoms with Crippen LogP contribution in [-0.2, 0) is 11.3 Å². The largest absolute Gasteiger partial charge is 0.326 e. The Labute approximate surface area is 182 Å². The van der Waals surface area contributed by atoms with Crippen molar-refractivity contribution >= 4 is 28.1 Å². The Morgan fingerprint density at radius 3 is 2.66 bits per heavy atom. The number of carbonyl (C=O) groups excluding carboxylic acids is 1. The zero-order valence-electron chi connectivity index (χ0n) is 17.3. The van der Waals surface area contributed by atoms with Crippen molar-refractivity contribution in [2.24, 2.45) is 0 Å². The lowest BCUT2D eigenvalue weighted by Gasteiger charge is -2.08. The summed E-state index contributed by atoms with van der Waals surface area (Å²) in [4.78, 5) is 29.2. The van der Waals surface area contributed by atoms with Crippen LogP contribution < -0.4 is 10.9 Å². The van der Waals surface area contributed by atoms with E-state index in [-0.39, 0.29) is 24.4 Å². The molecule has 9 heteroatoms. The number of para-hydroxylation sites is 1. The highest BCUT2D eigenvalue weighted by Crippen LogP contribution is 2.20. The third-order valence-electron chi connectivity index (χ3n) is 5.19. The van der Waals surface area contributed by atoms with E-state index < -0.39 is 0 Å². The Bertz CT molecular complexity index is 1500. The molecule has 0 aliphatic heterocycles. The molecular formula is C23H19N7O2. The summed E-state index contributed by atoms with van der Waals surface area (Å²) in [5, 5.41) is 16.0. The first-order valence-corrected chi connectivity index (χ1v) is 10.1. The minimum Gasteiger partial charge on any atom is -0.326 e. The van der Waals surface area contributed by atoms with Gasteiger partial charge in [-0.2, -0.15) is 9.61 Å². The molecule has 158 valence electrons. The average molecular weight is 425 g/mol. The van der Waals surface area contributed by atoms with E-state index in [1.807, 2.05) is 49.4 Å². The molecular weight excluding hydrogens is 406 g/mol. The minimum atomic E-state index is -0.183. The summed E-state index contributed by atoms with van der Waals surface area (Å²) in [6.07, 6.45) is 1.64. The van der Waals surface area contributed by atoms with Crippen LogP contribution in [0.25, 0.3) is 27.8 Å². The van der Waals surface area contributed by atoms with Crippen LogP contribution in [0.15, 0.2) is 71.8 Å². The van der Waals surface area contributed by atoms with E-state index >= 15 is 0 Å². The van der Waals surface area contributed by atoms with Gasteiger partial charge >= 0.3 is 0 Å². The maximum Gasteiger partial charge on any atom is 0.261 e. The first-order valence-electron chi connectivity index (χ1n) is 10.1.